The summed E-state index contributed by atoms with van der Waals surface area (Å²) in [7, 11) is 1.44. The van der Waals surface area contributed by atoms with Crippen molar-refractivity contribution in [2.24, 2.45) is 0 Å². The number of hydrogen-bond acceptors (Lipinski definition) is 6. The molecule has 0 aromatic heterocycles. The van der Waals surface area contributed by atoms with Crippen molar-refractivity contribution in [3.05, 3.63) is 35.9 Å². The second-order valence-corrected chi connectivity index (χ2v) is 5.89. The van der Waals surface area contributed by atoms with Gasteiger partial charge in [0.05, 0.1) is 25.4 Å². The minimum atomic E-state index is -0.562. The lowest BCUT2D eigenvalue weighted by molar-refractivity contribution is -0.128. The standard InChI is InChI=1S/C16H20N4O5S/c1-17-12(21)7-18-13(22)8-19-14(23)9-20-15(24)10-26-16(25)11-5-3-2-4-6-11/h2-6H,7-10H2,1H3,(H,17,21)(H,18,22)(H,19,23)(H,20,24). The van der Waals surface area contributed by atoms with Crippen LogP contribution in [0.25, 0.3) is 0 Å². The molecule has 0 saturated carbocycles. The van der Waals surface area contributed by atoms with Gasteiger partial charge >= 0.3 is 0 Å². The molecule has 0 atom stereocenters. The fourth-order valence-corrected chi connectivity index (χ4v) is 2.26. The molecular formula is C16H20N4O5S. The van der Waals surface area contributed by atoms with E-state index in [1.807, 2.05) is 0 Å². The molecule has 0 radical (unpaired) electrons. The van der Waals surface area contributed by atoms with Gasteiger partial charge in [-0.05, 0) is 0 Å². The lowest BCUT2D eigenvalue weighted by atomic mass is 10.2. The van der Waals surface area contributed by atoms with Crippen LogP contribution in [0.1, 0.15) is 10.4 Å². The summed E-state index contributed by atoms with van der Waals surface area (Å²) in [6, 6.07) is 8.53. The second-order valence-electron chi connectivity index (χ2n) is 4.95. The molecule has 0 unspecified atom stereocenters. The second kappa shape index (κ2) is 11.6. The Labute approximate surface area is 154 Å². The number of amides is 4. The van der Waals surface area contributed by atoms with E-state index < -0.39 is 17.7 Å². The molecule has 26 heavy (non-hydrogen) atoms. The van der Waals surface area contributed by atoms with Crippen molar-refractivity contribution in [1.82, 2.24) is 21.3 Å². The molecule has 0 aliphatic carbocycles. The highest BCUT2D eigenvalue weighted by Gasteiger charge is 2.11. The van der Waals surface area contributed by atoms with Gasteiger partial charge in [0.2, 0.25) is 28.7 Å². The number of hydrogen-bond donors (Lipinski definition) is 4. The molecule has 0 spiro atoms. The average Bonchev–Trinajstić information content (AvgIpc) is 2.67. The number of rotatable bonds is 9. The summed E-state index contributed by atoms with van der Waals surface area (Å²) in [5.41, 5.74) is 0.491. The summed E-state index contributed by atoms with van der Waals surface area (Å²) < 4.78 is 0. The lowest BCUT2D eigenvalue weighted by Crippen LogP contribution is -2.44. The maximum Gasteiger partial charge on any atom is 0.239 e. The summed E-state index contributed by atoms with van der Waals surface area (Å²) >= 11 is 0.834. The maximum atomic E-state index is 11.8. The van der Waals surface area contributed by atoms with Crippen molar-refractivity contribution < 1.29 is 24.0 Å². The van der Waals surface area contributed by atoms with E-state index >= 15 is 0 Å². The molecule has 1 rings (SSSR count). The molecule has 9 nitrogen and oxygen atoms in total. The number of carbonyl (C=O) groups excluding carboxylic acids is 5. The minimum absolute atomic E-state index is 0.117. The number of nitrogens with one attached hydrogen (secondary N) is 4. The number of likely N-dealkylation sites (N-methyl/N-ethyl adjacent to an activating group) is 1. The predicted molar refractivity (Wildman–Crippen MR) is 96.3 cm³/mol. The van der Waals surface area contributed by atoms with Gasteiger partial charge in [0, 0.05) is 12.6 Å². The van der Waals surface area contributed by atoms with Crippen molar-refractivity contribution in [2.75, 3.05) is 32.4 Å². The molecule has 0 bridgehead atoms. The molecule has 0 heterocycles. The molecule has 0 aliphatic heterocycles. The van der Waals surface area contributed by atoms with Crippen molar-refractivity contribution >= 4 is 40.5 Å². The van der Waals surface area contributed by atoms with Gasteiger partial charge in [-0.1, -0.05) is 42.1 Å². The van der Waals surface area contributed by atoms with Crippen LogP contribution in [0, 0.1) is 0 Å². The van der Waals surface area contributed by atoms with E-state index in [-0.39, 0.29) is 36.4 Å². The summed E-state index contributed by atoms with van der Waals surface area (Å²) in [4.78, 5) is 57.3. The Balaban J connectivity index is 2.17. The first kappa shape index (κ1) is 21.2. The number of carbonyl (C=O) groups is 5. The Bertz CT molecular complexity index is 666. The quantitative estimate of drug-likeness (QED) is 0.419. The van der Waals surface area contributed by atoms with Crippen molar-refractivity contribution in [3.63, 3.8) is 0 Å². The van der Waals surface area contributed by atoms with Crippen LogP contribution in [0.15, 0.2) is 30.3 Å². The van der Waals surface area contributed by atoms with Crippen LogP contribution in [-0.4, -0.2) is 61.2 Å². The van der Waals surface area contributed by atoms with Crippen LogP contribution in [-0.2, 0) is 19.2 Å². The Kier molecular flexibility index (Phi) is 9.47. The first-order chi connectivity index (χ1) is 12.4. The lowest BCUT2D eigenvalue weighted by Gasteiger charge is -2.07. The van der Waals surface area contributed by atoms with Crippen LogP contribution < -0.4 is 21.3 Å². The molecular weight excluding hydrogens is 360 g/mol. The van der Waals surface area contributed by atoms with Crippen LogP contribution in [0.5, 0.6) is 0 Å². The number of benzene rings is 1. The van der Waals surface area contributed by atoms with Crippen LogP contribution in [0.3, 0.4) is 0 Å². The fraction of sp³-hybridized carbons (Fsp3) is 0.312. The Hall–Kier alpha value is -2.88. The first-order valence-corrected chi connectivity index (χ1v) is 8.63. The maximum absolute atomic E-state index is 11.8. The topological polar surface area (TPSA) is 133 Å². The third kappa shape index (κ3) is 8.83. The zero-order valence-corrected chi connectivity index (χ0v) is 15.0. The highest BCUT2D eigenvalue weighted by atomic mass is 32.2. The molecule has 0 fully saturated rings. The molecule has 1 aromatic rings. The van der Waals surface area contributed by atoms with E-state index in [0.29, 0.717) is 5.56 Å². The molecule has 1 aromatic carbocycles. The van der Waals surface area contributed by atoms with Crippen LogP contribution in [0.2, 0.25) is 0 Å². The van der Waals surface area contributed by atoms with E-state index in [1.165, 1.54) is 7.05 Å². The van der Waals surface area contributed by atoms with Crippen LogP contribution in [0.4, 0.5) is 0 Å². The highest BCUT2D eigenvalue weighted by molar-refractivity contribution is 8.14. The van der Waals surface area contributed by atoms with E-state index in [9.17, 15) is 24.0 Å². The SMILES string of the molecule is CNC(=O)CNC(=O)CNC(=O)CNC(=O)CSC(=O)c1ccccc1. The summed E-state index contributed by atoms with van der Waals surface area (Å²) in [6.45, 7) is -0.816. The molecule has 0 saturated heterocycles. The van der Waals surface area contributed by atoms with Crippen molar-refractivity contribution in [3.8, 4) is 0 Å². The van der Waals surface area contributed by atoms with Gasteiger partial charge in [-0.3, -0.25) is 24.0 Å². The summed E-state index contributed by atoms with van der Waals surface area (Å²) in [5.74, 6) is -2.05. The third-order valence-corrected chi connectivity index (χ3v) is 3.87. The van der Waals surface area contributed by atoms with E-state index in [0.717, 1.165) is 11.8 Å². The fourth-order valence-electron chi connectivity index (χ4n) is 1.59. The van der Waals surface area contributed by atoms with Gasteiger partial charge in [-0.25, -0.2) is 0 Å². The van der Waals surface area contributed by atoms with E-state index in [1.54, 1.807) is 30.3 Å². The van der Waals surface area contributed by atoms with Gasteiger partial charge in [0.15, 0.2) is 0 Å². The first-order valence-electron chi connectivity index (χ1n) is 7.65. The van der Waals surface area contributed by atoms with Gasteiger partial charge in [-0.2, -0.15) is 0 Å². The van der Waals surface area contributed by atoms with Gasteiger partial charge < -0.3 is 21.3 Å². The largest absolute Gasteiger partial charge is 0.358 e. The van der Waals surface area contributed by atoms with Gasteiger partial charge in [0.25, 0.3) is 0 Å². The van der Waals surface area contributed by atoms with Crippen molar-refractivity contribution in [1.29, 1.82) is 0 Å². The monoisotopic (exact) mass is 380 g/mol. The summed E-state index contributed by atoms with van der Waals surface area (Å²) in [5, 5.41) is 9.06. The average molecular weight is 380 g/mol. The zero-order chi connectivity index (χ0) is 19.4. The number of thioether (sulfide) groups is 1. The van der Waals surface area contributed by atoms with Gasteiger partial charge in [0.1, 0.15) is 0 Å². The van der Waals surface area contributed by atoms with Gasteiger partial charge in [-0.15, -0.1) is 0 Å². The smallest absolute Gasteiger partial charge is 0.239 e. The van der Waals surface area contributed by atoms with Crippen molar-refractivity contribution in [2.45, 2.75) is 0 Å². The Morgan fingerprint density at radius 2 is 1.27 bits per heavy atom. The predicted octanol–water partition coefficient (Wildman–Crippen LogP) is -1.35. The summed E-state index contributed by atoms with van der Waals surface area (Å²) in [6.07, 6.45) is 0. The molecule has 4 amide bonds. The zero-order valence-electron chi connectivity index (χ0n) is 14.2. The van der Waals surface area contributed by atoms with Crippen LogP contribution >= 0.6 is 11.8 Å². The molecule has 10 heteroatoms. The minimum Gasteiger partial charge on any atom is -0.358 e. The van der Waals surface area contributed by atoms with E-state index in [4.69, 9.17) is 0 Å². The molecule has 140 valence electrons. The Morgan fingerprint density at radius 3 is 1.81 bits per heavy atom. The van der Waals surface area contributed by atoms with E-state index in [2.05, 4.69) is 21.3 Å². The molecule has 0 aliphatic rings. The third-order valence-electron chi connectivity index (χ3n) is 2.96. The normalized spacial score (nSPS) is 9.73. The Morgan fingerprint density at radius 1 is 0.769 bits per heavy atom. The molecule has 4 N–H and O–H groups in total. The highest BCUT2D eigenvalue weighted by Crippen LogP contribution is 2.11.